The number of imidazole rings is 1. The summed E-state index contributed by atoms with van der Waals surface area (Å²) >= 11 is 0. The van der Waals surface area contributed by atoms with Gasteiger partial charge in [0, 0.05) is 25.4 Å². The van der Waals surface area contributed by atoms with Crippen LogP contribution < -0.4 is 0 Å². The normalized spacial score (nSPS) is 15.0. The Balaban J connectivity index is 1.30. The predicted octanol–water partition coefficient (Wildman–Crippen LogP) is 3.77. The van der Waals surface area contributed by atoms with Crippen LogP contribution in [-0.2, 0) is 11.2 Å². The number of aryl methyl sites for hydroxylation is 1. The molecule has 5 heteroatoms. The van der Waals surface area contributed by atoms with Gasteiger partial charge >= 0.3 is 0 Å². The van der Waals surface area contributed by atoms with Gasteiger partial charge in [-0.15, -0.1) is 0 Å². The van der Waals surface area contributed by atoms with Crippen LogP contribution >= 0.6 is 0 Å². The molecule has 5 nitrogen and oxygen atoms in total. The number of nitrogens with zero attached hydrogens (tertiary/aromatic N) is 3. The Morgan fingerprint density at radius 2 is 1.89 bits per heavy atom. The monoisotopic (exact) mass is 358 g/mol. The summed E-state index contributed by atoms with van der Waals surface area (Å²) in [4.78, 5) is 22.6. The third-order valence-corrected chi connectivity index (χ3v) is 5.35. The Kier molecular flexibility index (Phi) is 4.88. The molecule has 0 aliphatic carbocycles. The summed E-state index contributed by atoms with van der Waals surface area (Å²) in [7, 11) is 0. The topological polar surface area (TPSA) is 72.8 Å². The van der Waals surface area contributed by atoms with Gasteiger partial charge < -0.3 is 9.88 Å². The minimum atomic E-state index is 0.211. The average Bonchev–Trinajstić information content (AvgIpc) is 3.17. The van der Waals surface area contributed by atoms with Gasteiger partial charge in [-0.1, -0.05) is 24.3 Å². The number of likely N-dealkylation sites (tertiary alicyclic amines) is 1. The molecule has 1 aliphatic heterocycles. The lowest BCUT2D eigenvalue weighted by atomic mass is 9.95. The number of fused-ring (bicyclic) bond motifs is 1. The number of benzene rings is 2. The molecule has 2 heterocycles. The summed E-state index contributed by atoms with van der Waals surface area (Å²) in [5, 5.41) is 8.84. The molecule has 4 rings (SSSR count). The van der Waals surface area contributed by atoms with E-state index in [0.29, 0.717) is 24.3 Å². The zero-order valence-electron chi connectivity index (χ0n) is 15.2. The summed E-state index contributed by atoms with van der Waals surface area (Å²) in [6.07, 6.45) is 3.13. The van der Waals surface area contributed by atoms with Crippen molar-refractivity contribution in [2.45, 2.75) is 31.6 Å². The fourth-order valence-corrected chi connectivity index (χ4v) is 3.72. The van der Waals surface area contributed by atoms with Gasteiger partial charge in [0.05, 0.1) is 22.7 Å². The zero-order valence-corrected chi connectivity index (χ0v) is 15.2. The van der Waals surface area contributed by atoms with E-state index in [-0.39, 0.29) is 5.91 Å². The number of nitriles is 1. The molecule has 1 aromatic heterocycles. The van der Waals surface area contributed by atoms with Gasteiger partial charge in [0.1, 0.15) is 5.82 Å². The minimum absolute atomic E-state index is 0.211. The number of H-pyrrole nitrogens is 1. The highest BCUT2D eigenvalue weighted by Gasteiger charge is 2.25. The number of piperidine rings is 1. The number of para-hydroxylation sites is 2. The third-order valence-electron chi connectivity index (χ3n) is 5.35. The number of carbonyl (C=O) groups is 1. The van der Waals surface area contributed by atoms with Crippen molar-refractivity contribution in [3.8, 4) is 6.07 Å². The summed E-state index contributed by atoms with van der Waals surface area (Å²) in [5.74, 6) is 1.64. The van der Waals surface area contributed by atoms with E-state index in [1.807, 2.05) is 41.3 Å². The molecule has 0 bridgehead atoms. The number of hydrogen-bond donors (Lipinski definition) is 1. The van der Waals surface area contributed by atoms with Crippen molar-refractivity contribution in [3.05, 3.63) is 65.5 Å². The smallest absolute Gasteiger partial charge is 0.222 e. The zero-order chi connectivity index (χ0) is 18.6. The molecule has 1 N–H and O–H groups in total. The van der Waals surface area contributed by atoms with Crippen molar-refractivity contribution < 1.29 is 4.79 Å². The van der Waals surface area contributed by atoms with Crippen molar-refractivity contribution in [2.75, 3.05) is 13.1 Å². The van der Waals surface area contributed by atoms with Gasteiger partial charge in [-0.2, -0.15) is 5.26 Å². The molecule has 1 saturated heterocycles. The van der Waals surface area contributed by atoms with Crippen molar-refractivity contribution in [1.29, 1.82) is 5.26 Å². The Morgan fingerprint density at radius 3 is 2.59 bits per heavy atom. The minimum Gasteiger partial charge on any atom is -0.343 e. The third kappa shape index (κ3) is 3.85. The van der Waals surface area contributed by atoms with E-state index >= 15 is 0 Å². The quantitative estimate of drug-likeness (QED) is 0.771. The van der Waals surface area contributed by atoms with E-state index in [4.69, 9.17) is 10.2 Å². The lowest BCUT2D eigenvalue weighted by molar-refractivity contribution is -0.132. The fraction of sp³-hybridized carbons (Fsp3) is 0.318. The number of aromatic nitrogens is 2. The predicted molar refractivity (Wildman–Crippen MR) is 104 cm³/mol. The van der Waals surface area contributed by atoms with Gasteiger partial charge in [-0.05, 0) is 49.1 Å². The molecule has 0 atom stereocenters. The van der Waals surface area contributed by atoms with Crippen LogP contribution in [0.3, 0.4) is 0 Å². The molecule has 0 unspecified atom stereocenters. The second-order valence-electron chi connectivity index (χ2n) is 7.10. The van der Waals surface area contributed by atoms with Gasteiger partial charge in [0.25, 0.3) is 0 Å². The first-order chi connectivity index (χ1) is 13.2. The number of carbonyl (C=O) groups excluding carboxylic acids is 1. The van der Waals surface area contributed by atoms with E-state index in [1.54, 1.807) is 12.1 Å². The van der Waals surface area contributed by atoms with Gasteiger partial charge in [0.15, 0.2) is 0 Å². The molecule has 0 saturated carbocycles. The van der Waals surface area contributed by atoms with Crippen molar-refractivity contribution in [2.24, 2.45) is 0 Å². The Hall–Kier alpha value is -3.13. The lowest BCUT2D eigenvalue weighted by Crippen LogP contribution is -2.38. The maximum atomic E-state index is 12.5. The SMILES string of the molecule is N#Cc1ccc(CCC(=O)N2CCC(c3nc4ccccc4[nH]3)CC2)cc1. The first-order valence-electron chi connectivity index (χ1n) is 9.44. The molecule has 0 radical (unpaired) electrons. The molecule has 1 fully saturated rings. The number of rotatable bonds is 4. The maximum Gasteiger partial charge on any atom is 0.222 e. The molecule has 1 amide bonds. The van der Waals surface area contributed by atoms with Crippen LogP contribution in [0.5, 0.6) is 0 Å². The van der Waals surface area contributed by atoms with E-state index in [0.717, 1.165) is 48.4 Å². The molecule has 2 aromatic carbocycles. The number of hydrogen-bond acceptors (Lipinski definition) is 3. The fourth-order valence-electron chi connectivity index (χ4n) is 3.72. The highest BCUT2D eigenvalue weighted by molar-refractivity contribution is 5.77. The molecule has 27 heavy (non-hydrogen) atoms. The molecular formula is C22H22N4O. The summed E-state index contributed by atoms with van der Waals surface area (Å²) in [6, 6.07) is 17.7. The lowest BCUT2D eigenvalue weighted by Gasteiger charge is -2.31. The highest BCUT2D eigenvalue weighted by atomic mass is 16.2. The maximum absolute atomic E-state index is 12.5. The Bertz CT molecular complexity index is 942. The first-order valence-corrected chi connectivity index (χ1v) is 9.44. The van der Waals surface area contributed by atoms with E-state index in [2.05, 4.69) is 11.1 Å². The second kappa shape index (κ2) is 7.63. The first kappa shape index (κ1) is 17.3. The van der Waals surface area contributed by atoms with Crippen LogP contribution in [0.15, 0.2) is 48.5 Å². The van der Waals surface area contributed by atoms with Crippen LogP contribution in [0.1, 0.15) is 42.1 Å². The standard InChI is InChI=1S/C22H22N4O/c23-15-17-7-5-16(6-8-17)9-10-21(27)26-13-11-18(12-14-26)22-24-19-3-1-2-4-20(19)25-22/h1-8,18H,9-14H2,(H,24,25). The highest BCUT2D eigenvalue weighted by Crippen LogP contribution is 2.28. The summed E-state index contributed by atoms with van der Waals surface area (Å²) < 4.78 is 0. The van der Waals surface area contributed by atoms with Gasteiger partial charge in [-0.25, -0.2) is 4.98 Å². The molecule has 136 valence electrons. The molecule has 3 aromatic rings. The van der Waals surface area contributed by atoms with Crippen molar-refractivity contribution in [1.82, 2.24) is 14.9 Å². The van der Waals surface area contributed by atoms with Crippen LogP contribution in [0, 0.1) is 11.3 Å². The van der Waals surface area contributed by atoms with Crippen LogP contribution in [0.4, 0.5) is 0 Å². The van der Waals surface area contributed by atoms with Crippen molar-refractivity contribution >= 4 is 16.9 Å². The number of nitrogens with one attached hydrogen (secondary N) is 1. The largest absolute Gasteiger partial charge is 0.343 e. The van der Waals surface area contributed by atoms with E-state index in [9.17, 15) is 4.79 Å². The summed E-state index contributed by atoms with van der Waals surface area (Å²) in [6.45, 7) is 1.57. The van der Waals surface area contributed by atoms with E-state index in [1.165, 1.54) is 0 Å². The second-order valence-corrected chi connectivity index (χ2v) is 7.10. The van der Waals surface area contributed by atoms with Crippen LogP contribution in [0.2, 0.25) is 0 Å². The molecule has 1 aliphatic rings. The van der Waals surface area contributed by atoms with Crippen LogP contribution in [-0.4, -0.2) is 33.9 Å². The van der Waals surface area contributed by atoms with E-state index < -0.39 is 0 Å². The Labute approximate surface area is 158 Å². The average molecular weight is 358 g/mol. The van der Waals surface area contributed by atoms with Crippen molar-refractivity contribution in [3.63, 3.8) is 0 Å². The van der Waals surface area contributed by atoms with Crippen LogP contribution in [0.25, 0.3) is 11.0 Å². The molecular weight excluding hydrogens is 336 g/mol. The number of amides is 1. The van der Waals surface area contributed by atoms with Gasteiger partial charge in [0.2, 0.25) is 5.91 Å². The molecule has 0 spiro atoms. The Morgan fingerprint density at radius 1 is 1.15 bits per heavy atom. The van der Waals surface area contributed by atoms with Gasteiger partial charge in [-0.3, -0.25) is 4.79 Å². The summed E-state index contributed by atoms with van der Waals surface area (Å²) in [5.41, 5.74) is 3.83. The number of aromatic amines is 1.